The molecule has 1 aromatic rings. The zero-order valence-corrected chi connectivity index (χ0v) is 13.7. The summed E-state index contributed by atoms with van der Waals surface area (Å²) in [6.45, 7) is 5.39. The second-order valence-corrected chi connectivity index (χ2v) is 7.53. The van der Waals surface area contributed by atoms with Crippen molar-refractivity contribution in [1.82, 2.24) is 14.9 Å². The van der Waals surface area contributed by atoms with E-state index >= 15 is 0 Å². The molecule has 0 bridgehead atoms. The molecule has 0 N–H and O–H groups in total. The molecule has 21 heavy (non-hydrogen) atoms. The third kappa shape index (κ3) is 2.52. The molecule has 0 aromatic carbocycles. The predicted molar refractivity (Wildman–Crippen MR) is 84.6 cm³/mol. The fourth-order valence-electron chi connectivity index (χ4n) is 3.38. The summed E-state index contributed by atoms with van der Waals surface area (Å²) in [5, 5.41) is 2.33. The summed E-state index contributed by atoms with van der Waals surface area (Å²) in [4.78, 5) is 13.9. The van der Waals surface area contributed by atoms with E-state index in [1.165, 1.54) is 5.56 Å². The van der Waals surface area contributed by atoms with Crippen LogP contribution in [0, 0.1) is 0 Å². The van der Waals surface area contributed by atoms with Crippen LogP contribution in [0.2, 0.25) is 5.15 Å². The molecule has 0 saturated carbocycles. The first-order valence-electron chi connectivity index (χ1n) is 7.47. The number of nitrogens with zero attached hydrogens (tertiary/aromatic N) is 4. The number of thioether (sulfide) groups is 1. The molecule has 0 aliphatic carbocycles. The van der Waals surface area contributed by atoms with Crippen molar-refractivity contribution in [3.63, 3.8) is 0 Å². The van der Waals surface area contributed by atoms with Gasteiger partial charge in [0.05, 0.1) is 13.2 Å². The van der Waals surface area contributed by atoms with E-state index in [-0.39, 0.29) is 0 Å². The number of halogens is 1. The second kappa shape index (κ2) is 5.57. The number of hydrogen-bond acceptors (Lipinski definition) is 6. The predicted octanol–water partition coefficient (Wildman–Crippen LogP) is 1.86. The number of fused-ring (bicyclic) bond motifs is 3. The standard InChI is InChI=1S/C14H19ClN4OS/c1-18-3-2-9-10(8-18)21-13-11(9)12(15)16-14(17-13)19-4-6-20-7-5-19/h9-10H,2-8H2,1H3. The molecule has 0 amide bonds. The van der Waals surface area contributed by atoms with Gasteiger partial charge in [-0.05, 0) is 20.0 Å². The Bertz CT molecular complexity index is 552. The Kier molecular flexibility index (Phi) is 3.73. The van der Waals surface area contributed by atoms with Crippen molar-refractivity contribution in [2.24, 2.45) is 0 Å². The van der Waals surface area contributed by atoms with Crippen molar-refractivity contribution >= 4 is 29.3 Å². The molecule has 0 spiro atoms. The fourth-order valence-corrected chi connectivity index (χ4v) is 5.31. The highest BCUT2D eigenvalue weighted by atomic mass is 35.5. The average Bonchev–Trinajstić information content (AvgIpc) is 2.85. The topological polar surface area (TPSA) is 41.5 Å². The van der Waals surface area contributed by atoms with E-state index in [1.807, 2.05) is 11.8 Å². The van der Waals surface area contributed by atoms with Crippen LogP contribution in [0.5, 0.6) is 0 Å². The molecule has 2 unspecified atom stereocenters. The molecule has 3 aliphatic heterocycles. The highest BCUT2D eigenvalue weighted by molar-refractivity contribution is 8.00. The molecule has 0 radical (unpaired) electrons. The first-order chi connectivity index (χ1) is 10.2. The van der Waals surface area contributed by atoms with E-state index in [0.29, 0.717) is 16.3 Å². The fraction of sp³-hybridized carbons (Fsp3) is 0.714. The minimum absolute atomic E-state index is 0.521. The monoisotopic (exact) mass is 326 g/mol. The summed E-state index contributed by atoms with van der Waals surface area (Å²) in [6.07, 6.45) is 1.15. The summed E-state index contributed by atoms with van der Waals surface area (Å²) >= 11 is 8.40. The van der Waals surface area contributed by atoms with E-state index < -0.39 is 0 Å². The number of piperidine rings is 1. The van der Waals surface area contributed by atoms with Gasteiger partial charge in [0.2, 0.25) is 5.95 Å². The lowest BCUT2D eigenvalue weighted by atomic mass is 9.91. The van der Waals surface area contributed by atoms with Gasteiger partial charge in [-0.3, -0.25) is 0 Å². The van der Waals surface area contributed by atoms with Crippen LogP contribution in [-0.2, 0) is 4.74 Å². The lowest BCUT2D eigenvalue weighted by molar-refractivity contribution is 0.122. The van der Waals surface area contributed by atoms with Gasteiger partial charge in [0.15, 0.2) is 0 Å². The van der Waals surface area contributed by atoms with Crippen LogP contribution in [0.25, 0.3) is 0 Å². The summed E-state index contributed by atoms with van der Waals surface area (Å²) in [7, 11) is 2.19. The van der Waals surface area contributed by atoms with Gasteiger partial charge in [0, 0.05) is 36.4 Å². The Hall–Kier alpha value is -0.560. The first-order valence-corrected chi connectivity index (χ1v) is 8.73. The van der Waals surface area contributed by atoms with Gasteiger partial charge >= 0.3 is 0 Å². The van der Waals surface area contributed by atoms with Crippen LogP contribution in [-0.4, -0.2) is 66.6 Å². The Labute approximate surface area is 134 Å². The number of hydrogen-bond donors (Lipinski definition) is 0. The van der Waals surface area contributed by atoms with Crippen LogP contribution in [0.15, 0.2) is 5.03 Å². The van der Waals surface area contributed by atoms with Crippen LogP contribution in [0.3, 0.4) is 0 Å². The number of anilines is 1. The number of morpholine rings is 1. The van der Waals surface area contributed by atoms with Gasteiger partial charge in [0.1, 0.15) is 10.2 Å². The zero-order valence-electron chi connectivity index (χ0n) is 12.1. The average molecular weight is 327 g/mol. The number of ether oxygens (including phenoxy) is 1. The summed E-state index contributed by atoms with van der Waals surface area (Å²) in [6, 6.07) is 0. The molecular weight excluding hydrogens is 308 g/mol. The van der Waals surface area contributed by atoms with Crippen molar-refractivity contribution in [3.05, 3.63) is 10.7 Å². The highest BCUT2D eigenvalue weighted by Gasteiger charge is 2.40. The molecule has 5 nitrogen and oxygen atoms in total. The molecule has 2 saturated heterocycles. The molecular formula is C14H19ClN4OS. The van der Waals surface area contributed by atoms with Crippen LogP contribution >= 0.6 is 23.4 Å². The van der Waals surface area contributed by atoms with Crippen molar-refractivity contribution in [1.29, 1.82) is 0 Å². The molecule has 3 aliphatic rings. The SMILES string of the molecule is CN1CCC2c3c(Cl)nc(N4CCOCC4)nc3SC2C1. The van der Waals surface area contributed by atoms with E-state index in [1.54, 1.807) is 0 Å². The number of rotatable bonds is 1. The van der Waals surface area contributed by atoms with Gasteiger partial charge in [-0.25, -0.2) is 9.97 Å². The molecule has 4 rings (SSSR count). The van der Waals surface area contributed by atoms with Crippen molar-refractivity contribution in [2.75, 3.05) is 51.3 Å². The largest absolute Gasteiger partial charge is 0.378 e. The third-order valence-corrected chi connectivity index (χ3v) is 6.15. The Morgan fingerprint density at radius 3 is 2.86 bits per heavy atom. The van der Waals surface area contributed by atoms with Gasteiger partial charge < -0.3 is 14.5 Å². The lowest BCUT2D eigenvalue weighted by Gasteiger charge is -2.31. The Balaban J connectivity index is 1.65. The third-order valence-electron chi connectivity index (χ3n) is 4.54. The highest BCUT2D eigenvalue weighted by Crippen LogP contribution is 2.50. The number of aromatic nitrogens is 2. The molecule has 7 heteroatoms. The van der Waals surface area contributed by atoms with Crippen LogP contribution < -0.4 is 4.90 Å². The second-order valence-electron chi connectivity index (χ2n) is 5.95. The van der Waals surface area contributed by atoms with Gasteiger partial charge in [0.25, 0.3) is 0 Å². The maximum absolute atomic E-state index is 6.51. The van der Waals surface area contributed by atoms with Crippen molar-refractivity contribution in [3.8, 4) is 0 Å². The Morgan fingerprint density at radius 1 is 1.24 bits per heavy atom. The maximum Gasteiger partial charge on any atom is 0.228 e. The quantitative estimate of drug-likeness (QED) is 0.734. The first kappa shape index (κ1) is 14.1. The van der Waals surface area contributed by atoms with Crippen molar-refractivity contribution < 1.29 is 4.74 Å². The van der Waals surface area contributed by atoms with Crippen LogP contribution in [0.1, 0.15) is 17.9 Å². The molecule has 2 atom stereocenters. The zero-order chi connectivity index (χ0) is 14.4. The molecule has 4 heterocycles. The van der Waals surface area contributed by atoms with Crippen molar-refractivity contribution in [2.45, 2.75) is 22.6 Å². The summed E-state index contributed by atoms with van der Waals surface area (Å²) in [5.74, 6) is 1.29. The van der Waals surface area contributed by atoms with E-state index in [9.17, 15) is 0 Å². The summed E-state index contributed by atoms with van der Waals surface area (Å²) < 4.78 is 5.39. The van der Waals surface area contributed by atoms with Gasteiger partial charge in [-0.1, -0.05) is 11.6 Å². The Morgan fingerprint density at radius 2 is 2.05 bits per heavy atom. The van der Waals surface area contributed by atoms with E-state index in [0.717, 1.165) is 56.8 Å². The number of likely N-dealkylation sites (tertiary alicyclic amines) is 1. The molecule has 2 fully saturated rings. The van der Waals surface area contributed by atoms with Gasteiger partial charge in [-0.15, -0.1) is 11.8 Å². The normalized spacial score (nSPS) is 29.3. The smallest absolute Gasteiger partial charge is 0.228 e. The summed E-state index contributed by atoms with van der Waals surface area (Å²) in [5.41, 5.74) is 1.19. The van der Waals surface area contributed by atoms with E-state index in [4.69, 9.17) is 21.3 Å². The minimum atomic E-state index is 0.521. The minimum Gasteiger partial charge on any atom is -0.378 e. The van der Waals surface area contributed by atoms with E-state index in [2.05, 4.69) is 21.8 Å². The lowest BCUT2D eigenvalue weighted by Crippen LogP contribution is -2.37. The maximum atomic E-state index is 6.51. The molecule has 1 aromatic heterocycles. The van der Waals surface area contributed by atoms with Gasteiger partial charge in [-0.2, -0.15) is 0 Å². The molecule has 114 valence electrons. The van der Waals surface area contributed by atoms with Crippen LogP contribution in [0.4, 0.5) is 5.95 Å².